The molecular formula is C15H13N3O5. The number of hydrazone groups is 1. The Morgan fingerprint density at radius 3 is 2.61 bits per heavy atom. The lowest BCUT2D eigenvalue weighted by molar-refractivity contribution is -0.385. The Bertz CT molecular complexity index is 746. The summed E-state index contributed by atoms with van der Waals surface area (Å²) in [7, 11) is 0. The quantitative estimate of drug-likeness (QED) is 0.438. The third-order valence-electron chi connectivity index (χ3n) is 2.95. The number of phenols is 1. The van der Waals surface area contributed by atoms with E-state index in [1.165, 1.54) is 12.3 Å². The third-order valence-corrected chi connectivity index (χ3v) is 2.95. The van der Waals surface area contributed by atoms with Gasteiger partial charge >= 0.3 is 5.69 Å². The summed E-state index contributed by atoms with van der Waals surface area (Å²) < 4.78 is 0. The minimum Gasteiger partial charge on any atom is -0.502 e. The van der Waals surface area contributed by atoms with Crippen molar-refractivity contribution in [3.8, 4) is 5.75 Å². The molecule has 1 atom stereocenters. The first kappa shape index (κ1) is 16.1. The molecule has 0 saturated carbocycles. The van der Waals surface area contributed by atoms with Crippen LogP contribution in [-0.2, 0) is 4.79 Å². The van der Waals surface area contributed by atoms with Gasteiger partial charge in [0, 0.05) is 11.6 Å². The molecule has 2 aromatic carbocycles. The summed E-state index contributed by atoms with van der Waals surface area (Å²) in [4.78, 5) is 21.7. The van der Waals surface area contributed by atoms with Crippen LogP contribution in [0, 0.1) is 10.1 Å². The van der Waals surface area contributed by atoms with E-state index in [9.17, 15) is 25.1 Å². The number of rotatable bonds is 5. The van der Waals surface area contributed by atoms with Crippen LogP contribution in [0.5, 0.6) is 5.75 Å². The van der Waals surface area contributed by atoms with Crippen LogP contribution in [0.2, 0.25) is 0 Å². The Morgan fingerprint density at radius 1 is 1.26 bits per heavy atom. The maximum atomic E-state index is 11.7. The van der Waals surface area contributed by atoms with Crippen molar-refractivity contribution in [3.05, 3.63) is 69.8 Å². The predicted octanol–water partition coefficient (Wildman–Crippen LogP) is 1.48. The lowest BCUT2D eigenvalue weighted by Gasteiger charge is -2.08. The van der Waals surface area contributed by atoms with Crippen LogP contribution in [0.15, 0.2) is 53.6 Å². The molecule has 1 amide bonds. The molecule has 0 heterocycles. The summed E-state index contributed by atoms with van der Waals surface area (Å²) in [5.74, 6) is -1.20. The number of aliphatic hydroxyl groups is 1. The molecule has 0 unspecified atom stereocenters. The molecule has 0 aliphatic rings. The van der Waals surface area contributed by atoms with Crippen LogP contribution in [0.25, 0.3) is 0 Å². The lowest BCUT2D eigenvalue weighted by atomic mass is 10.1. The summed E-state index contributed by atoms with van der Waals surface area (Å²) in [6, 6.07) is 12.0. The molecule has 0 aromatic heterocycles. The molecule has 0 radical (unpaired) electrons. The van der Waals surface area contributed by atoms with Crippen molar-refractivity contribution in [3.63, 3.8) is 0 Å². The minimum atomic E-state index is -1.37. The second-order valence-corrected chi connectivity index (χ2v) is 4.55. The average molecular weight is 315 g/mol. The number of aromatic hydroxyl groups is 1. The molecule has 0 aliphatic carbocycles. The number of aliphatic hydroxyl groups excluding tert-OH is 1. The number of hydrogen-bond acceptors (Lipinski definition) is 6. The number of nitrogens with one attached hydrogen (secondary N) is 1. The maximum absolute atomic E-state index is 11.7. The molecule has 0 spiro atoms. The Hall–Kier alpha value is -3.26. The topological polar surface area (TPSA) is 125 Å². The van der Waals surface area contributed by atoms with Crippen molar-refractivity contribution in [2.24, 2.45) is 5.10 Å². The summed E-state index contributed by atoms with van der Waals surface area (Å²) >= 11 is 0. The number of nitro benzene ring substituents is 1. The molecule has 2 rings (SSSR count). The highest BCUT2D eigenvalue weighted by molar-refractivity contribution is 5.85. The number of carbonyl (C=O) groups is 1. The third kappa shape index (κ3) is 4.11. The molecule has 2 aromatic rings. The number of phenolic OH excluding ortho intramolecular Hbond substituents is 1. The molecular weight excluding hydrogens is 302 g/mol. The number of carbonyl (C=O) groups excluding carboxylic acids is 1. The van der Waals surface area contributed by atoms with Crippen molar-refractivity contribution >= 4 is 17.8 Å². The van der Waals surface area contributed by atoms with Crippen LogP contribution in [0.1, 0.15) is 17.2 Å². The van der Waals surface area contributed by atoms with Gasteiger partial charge in [-0.25, -0.2) is 5.43 Å². The Labute approximate surface area is 130 Å². The fraction of sp³-hybridized carbons (Fsp3) is 0.0667. The van der Waals surface area contributed by atoms with Gasteiger partial charge in [-0.15, -0.1) is 0 Å². The second kappa shape index (κ2) is 7.14. The minimum absolute atomic E-state index is 0.309. The largest absolute Gasteiger partial charge is 0.502 e. The Kier molecular flexibility index (Phi) is 5.00. The van der Waals surface area contributed by atoms with Gasteiger partial charge in [-0.05, 0) is 17.7 Å². The molecule has 8 heteroatoms. The van der Waals surface area contributed by atoms with Gasteiger partial charge in [-0.1, -0.05) is 30.3 Å². The van der Waals surface area contributed by atoms with Crippen molar-refractivity contribution in [2.75, 3.05) is 0 Å². The number of hydrogen-bond donors (Lipinski definition) is 3. The first-order valence-corrected chi connectivity index (χ1v) is 6.52. The molecule has 0 aliphatic heterocycles. The highest BCUT2D eigenvalue weighted by Gasteiger charge is 2.16. The van der Waals surface area contributed by atoms with Gasteiger partial charge in [0.05, 0.1) is 11.1 Å². The van der Waals surface area contributed by atoms with Gasteiger partial charge in [0.25, 0.3) is 5.91 Å². The van der Waals surface area contributed by atoms with Gasteiger partial charge in [0.1, 0.15) is 0 Å². The first-order valence-electron chi connectivity index (χ1n) is 6.52. The van der Waals surface area contributed by atoms with E-state index in [2.05, 4.69) is 10.5 Å². The van der Waals surface area contributed by atoms with Crippen LogP contribution >= 0.6 is 0 Å². The monoisotopic (exact) mass is 315 g/mol. The SMILES string of the molecule is O=C(N/N=C\c1ccc(O)c([N+](=O)[O-])c1)[C@@H](O)c1ccccc1. The Morgan fingerprint density at radius 2 is 1.96 bits per heavy atom. The molecule has 0 saturated heterocycles. The van der Waals surface area contributed by atoms with E-state index in [1.807, 2.05) is 0 Å². The summed E-state index contributed by atoms with van der Waals surface area (Å²) in [5, 5.41) is 33.5. The number of nitrogens with zero attached hydrogens (tertiary/aromatic N) is 2. The number of amides is 1. The number of benzene rings is 2. The van der Waals surface area contributed by atoms with Gasteiger partial charge in [0.15, 0.2) is 11.9 Å². The molecule has 8 nitrogen and oxygen atoms in total. The molecule has 0 fully saturated rings. The van der Waals surface area contributed by atoms with Crippen LogP contribution in [0.4, 0.5) is 5.69 Å². The maximum Gasteiger partial charge on any atom is 0.311 e. The standard InChI is InChI=1S/C15H13N3O5/c19-13-7-6-10(8-12(13)18(22)23)9-16-17-15(21)14(20)11-4-2-1-3-5-11/h1-9,14,19-20H,(H,17,21)/b16-9-/t14-/m0/s1. The van der Waals surface area contributed by atoms with E-state index < -0.39 is 28.4 Å². The molecule has 0 bridgehead atoms. The zero-order valence-corrected chi connectivity index (χ0v) is 11.8. The van der Waals surface area contributed by atoms with E-state index in [0.717, 1.165) is 12.1 Å². The summed E-state index contributed by atoms with van der Waals surface area (Å²) in [6.07, 6.45) is -0.204. The first-order chi connectivity index (χ1) is 11.0. The fourth-order valence-corrected chi connectivity index (χ4v) is 1.79. The van der Waals surface area contributed by atoms with Crippen LogP contribution < -0.4 is 5.43 Å². The predicted molar refractivity (Wildman–Crippen MR) is 81.9 cm³/mol. The average Bonchev–Trinajstić information content (AvgIpc) is 2.56. The zero-order valence-electron chi connectivity index (χ0n) is 11.8. The highest BCUT2D eigenvalue weighted by atomic mass is 16.6. The van der Waals surface area contributed by atoms with Gasteiger partial charge in [0.2, 0.25) is 0 Å². The van der Waals surface area contributed by atoms with Crippen molar-refractivity contribution < 1.29 is 19.9 Å². The highest BCUT2D eigenvalue weighted by Crippen LogP contribution is 2.25. The van der Waals surface area contributed by atoms with Crippen molar-refractivity contribution in [2.45, 2.75) is 6.10 Å². The van der Waals surface area contributed by atoms with Crippen molar-refractivity contribution in [1.82, 2.24) is 5.43 Å². The van der Waals surface area contributed by atoms with E-state index in [0.29, 0.717) is 11.1 Å². The van der Waals surface area contributed by atoms with E-state index >= 15 is 0 Å². The summed E-state index contributed by atoms with van der Waals surface area (Å²) in [6.45, 7) is 0. The lowest BCUT2D eigenvalue weighted by Crippen LogP contribution is -2.25. The van der Waals surface area contributed by atoms with E-state index in [4.69, 9.17) is 0 Å². The molecule has 3 N–H and O–H groups in total. The molecule has 118 valence electrons. The normalized spacial score (nSPS) is 12.0. The number of nitro groups is 1. The van der Waals surface area contributed by atoms with Crippen molar-refractivity contribution in [1.29, 1.82) is 0 Å². The second-order valence-electron chi connectivity index (χ2n) is 4.55. The zero-order chi connectivity index (χ0) is 16.8. The Balaban J connectivity index is 2.03. The van der Waals surface area contributed by atoms with E-state index in [1.54, 1.807) is 30.3 Å². The summed E-state index contributed by atoms with van der Waals surface area (Å²) in [5.41, 5.74) is 2.40. The van der Waals surface area contributed by atoms with Gasteiger partial charge in [-0.3, -0.25) is 14.9 Å². The van der Waals surface area contributed by atoms with Crippen LogP contribution in [0.3, 0.4) is 0 Å². The van der Waals surface area contributed by atoms with Gasteiger partial charge < -0.3 is 10.2 Å². The van der Waals surface area contributed by atoms with Gasteiger partial charge in [-0.2, -0.15) is 5.10 Å². The molecule has 23 heavy (non-hydrogen) atoms. The van der Waals surface area contributed by atoms with E-state index in [-0.39, 0.29) is 0 Å². The van der Waals surface area contributed by atoms with Crippen LogP contribution in [-0.4, -0.2) is 27.3 Å². The fourth-order valence-electron chi connectivity index (χ4n) is 1.79. The smallest absolute Gasteiger partial charge is 0.311 e.